The highest BCUT2D eigenvalue weighted by Crippen LogP contribution is 2.26. The molecule has 0 radical (unpaired) electrons. The van der Waals surface area contributed by atoms with Gasteiger partial charge < -0.3 is 9.73 Å². The van der Waals surface area contributed by atoms with E-state index in [-0.39, 0.29) is 23.7 Å². The van der Waals surface area contributed by atoms with Gasteiger partial charge in [0.1, 0.15) is 11.5 Å². The summed E-state index contributed by atoms with van der Waals surface area (Å²) in [6.07, 6.45) is 1.20. The van der Waals surface area contributed by atoms with Gasteiger partial charge in [-0.3, -0.25) is 9.59 Å². The van der Waals surface area contributed by atoms with Crippen LogP contribution in [-0.2, 0) is 32.7 Å². The first kappa shape index (κ1) is 30.5. The zero-order chi connectivity index (χ0) is 29.6. The van der Waals surface area contributed by atoms with E-state index in [2.05, 4.69) is 31.8 Å². The first-order chi connectivity index (χ1) is 19.5. The molecule has 4 aromatic rings. The standard InChI is InChI=1S/C28H23BrCl2N4O5S/c1-18-5-10-24(11-6-18)41(38,39)35(16-19-7-12-25(30)26(31)13-19)17-23-9-8-22(40-23)15-32-34-28(37)27(36)33-21-4-2-3-20(29)14-21/h2-15H,16-17H2,1H3,(H,33,36)(H,34,37)/b32-15+. The highest BCUT2D eigenvalue weighted by atomic mass is 79.9. The molecule has 3 aromatic carbocycles. The zero-order valence-corrected chi connectivity index (χ0v) is 25.4. The van der Waals surface area contributed by atoms with Crippen LogP contribution in [0.5, 0.6) is 0 Å². The van der Waals surface area contributed by atoms with Crippen LogP contribution >= 0.6 is 39.1 Å². The molecule has 41 heavy (non-hydrogen) atoms. The SMILES string of the molecule is Cc1ccc(S(=O)(=O)N(Cc2ccc(Cl)c(Cl)c2)Cc2ccc(/C=N/NC(=O)C(=O)Nc3cccc(Br)c3)o2)cc1. The summed E-state index contributed by atoms with van der Waals surface area (Å²) in [4.78, 5) is 24.3. The van der Waals surface area contributed by atoms with Crippen LogP contribution in [0.15, 0.2) is 97.7 Å². The van der Waals surface area contributed by atoms with Crippen molar-refractivity contribution in [3.63, 3.8) is 0 Å². The Morgan fingerprint density at radius 3 is 2.41 bits per heavy atom. The molecule has 13 heteroatoms. The fraction of sp³-hybridized carbons (Fsp3) is 0.107. The Hall–Kier alpha value is -3.48. The minimum absolute atomic E-state index is 0.000373. The second kappa shape index (κ2) is 13.5. The van der Waals surface area contributed by atoms with Gasteiger partial charge in [0.25, 0.3) is 0 Å². The van der Waals surface area contributed by atoms with Gasteiger partial charge in [0.2, 0.25) is 10.0 Å². The number of aryl methyl sites for hydroxylation is 1. The number of hydrogen-bond acceptors (Lipinski definition) is 6. The molecule has 0 aliphatic heterocycles. The number of nitrogens with zero attached hydrogens (tertiary/aromatic N) is 2. The molecule has 0 bridgehead atoms. The molecular weight excluding hydrogens is 655 g/mol. The summed E-state index contributed by atoms with van der Waals surface area (Å²) in [7, 11) is -3.94. The number of rotatable bonds is 9. The Morgan fingerprint density at radius 1 is 0.951 bits per heavy atom. The molecule has 1 aromatic heterocycles. The number of sulfonamides is 1. The van der Waals surface area contributed by atoms with Crippen molar-refractivity contribution in [3.05, 3.63) is 116 Å². The van der Waals surface area contributed by atoms with Gasteiger partial charge in [-0.2, -0.15) is 9.41 Å². The Kier molecular flexibility index (Phi) is 10.0. The number of furan rings is 1. The van der Waals surface area contributed by atoms with E-state index in [1.165, 1.54) is 10.5 Å². The van der Waals surface area contributed by atoms with Crippen LogP contribution in [0.25, 0.3) is 0 Å². The second-order valence-corrected chi connectivity index (χ2v) is 12.5. The van der Waals surface area contributed by atoms with Crippen molar-refractivity contribution in [2.45, 2.75) is 24.9 Å². The van der Waals surface area contributed by atoms with E-state index in [1.807, 2.05) is 6.92 Å². The average Bonchev–Trinajstić information content (AvgIpc) is 3.37. The maximum atomic E-state index is 13.6. The van der Waals surface area contributed by atoms with E-state index in [9.17, 15) is 18.0 Å². The van der Waals surface area contributed by atoms with Gasteiger partial charge >= 0.3 is 11.8 Å². The third kappa shape index (κ3) is 8.27. The number of hydrazone groups is 1. The Bertz CT molecular complexity index is 1710. The zero-order valence-electron chi connectivity index (χ0n) is 21.5. The van der Waals surface area contributed by atoms with E-state index >= 15 is 0 Å². The van der Waals surface area contributed by atoms with Crippen LogP contribution in [0.3, 0.4) is 0 Å². The smallest absolute Gasteiger partial charge is 0.329 e. The van der Waals surface area contributed by atoms with Gasteiger partial charge in [0.15, 0.2) is 0 Å². The van der Waals surface area contributed by atoms with Gasteiger partial charge in [-0.15, -0.1) is 0 Å². The topological polar surface area (TPSA) is 121 Å². The molecule has 9 nitrogen and oxygen atoms in total. The van der Waals surface area contributed by atoms with Crippen LogP contribution in [0.4, 0.5) is 5.69 Å². The third-order valence-electron chi connectivity index (χ3n) is 5.66. The number of nitrogens with one attached hydrogen (secondary N) is 2. The molecular formula is C28H23BrCl2N4O5S. The summed E-state index contributed by atoms with van der Waals surface area (Å²) in [6, 6.07) is 21.4. The normalized spacial score (nSPS) is 11.6. The number of hydrogen-bond donors (Lipinski definition) is 2. The Morgan fingerprint density at radius 2 is 1.71 bits per heavy atom. The van der Waals surface area contributed by atoms with Crippen molar-refractivity contribution >= 4 is 72.9 Å². The fourth-order valence-corrected chi connectivity index (χ4v) is 5.72. The monoisotopic (exact) mass is 676 g/mol. The minimum Gasteiger partial charge on any atom is -0.459 e. The van der Waals surface area contributed by atoms with Crippen molar-refractivity contribution in [3.8, 4) is 0 Å². The number of carbonyl (C=O) groups excluding carboxylic acids is 2. The maximum absolute atomic E-state index is 13.6. The molecule has 1 heterocycles. The number of amides is 2. The molecule has 2 N–H and O–H groups in total. The summed E-state index contributed by atoms with van der Waals surface area (Å²) in [6.45, 7) is 1.76. The molecule has 0 fully saturated rings. The maximum Gasteiger partial charge on any atom is 0.329 e. The van der Waals surface area contributed by atoms with Gasteiger partial charge in [-0.25, -0.2) is 13.8 Å². The van der Waals surface area contributed by atoms with Crippen molar-refractivity contribution in [1.29, 1.82) is 0 Å². The van der Waals surface area contributed by atoms with E-state index in [1.54, 1.807) is 78.9 Å². The van der Waals surface area contributed by atoms with E-state index in [0.717, 1.165) is 10.0 Å². The van der Waals surface area contributed by atoms with Crippen molar-refractivity contribution in [1.82, 2.24) is 9.73 Å². The van der Waals surface area contributed by atoms with Crippen LogP contribution in [0.2, 0.25) is 10.0 Å². The lowest BCUT2D eigenvalue weighted by molar-refractivity contribution is -0.136. The van der Waals surface area contributed by atoms with Gasteiger partial charge in [-0.05, 0) is 67.1 Å². The van der Waals surface area contributed by atoms with Gasteiger partial charge in [-0.1, -0.05) is 69.0 Å². The number of anilines is 1. The van der Waals surface area contributed by atoms with Crippen molar-refractivity contribution in [2.75, 3.05) is 5.32 Å². The largest absolute Gasteiger partial charge is 0.459 e. The molecule has 0 aliphatic carbocycles. The predicted molar refractivity (Wildman–Crippen MR) is 161 cm³/mol. The minimum atomic E-state index is -3.94. The summed E-state index contributed by atoms with van der Waals surface area (Å²) in [5, 5.41) is 6.88. The van der Waals surface area contributed by atoms with Gasteiger partial charge in [0, 0.05) is 16.7 Å². The van der Waals surface area contributed by atoms with E-state index < -0.39 is 21.8 Å². The molecule has 0 unspecified atom stereocenters. The second-order valence-electron chi connectivity index (χ2n) is 8.80. The van der Waals surface area contributed by atoms with Gasteiger partial charge in [0.05, 0.1) is 27.7 Å². The molecule has 0 aliphatic rings. The van der Waals surface area contributed by atoms with Crippen LogP contribution < -0.4 is 10.7 Å². The average molecular weight is 678 g/mol. The summed E-state index contributed by atoms with van der Waals surface area (Å²) in [5.41, 5.74) is 4.12. The molecule has 0 spiro atoms. The third-order valence-corrected chi connectivity index (χ3v) is 8.70. The molecule has 0 atom stereocenters. The number of halogens is 3. The summed E-state index contributed by atoms with van der Waals surface area (Å²) >= 11 is 15.5. The first-order valence-corrected chi connectivity index (χ1v) is 15.0. The van der Waals surface area contributed by atoms with Crippen molar-refractivity contribution < 1.29 is 22.4 Å². The summed E-state index contributed by atoms with van der Waals surface area (Å²) < 4.78 is 34.9. The molecule has 212 valence electrons. The van der Waals surface area contributed by atoms with Crippen molar-refractivity contribution in [2.24, 2.45) is 5.10 Å². The lowest BCUT2D eigenvalue weighted by Gasteiger charge is -2.22. The van der Waals surface area contributed by atoms with Crippen LogP contribution in [0.1, 0.15) is 22.6 Å². The summed E-state index contributed by atoms with van der Waals surface area (Å²) in [5.74, 6) is -1.33. The fourth-order valence-electron chi connectivity index (χ4n) is 3.61. The van der Waals surface area contributed by atoms with E-state index in [0.29, 0.717) is 27.1 Å². The molecule has 0 saturated heterocycles. The lowest BCUT2D eigenvalue weighted by Crippen LogP contribution is -2.32. The number of benzene rings is 3. The lowest BCUT2D eigenvalue weighted by atomic mass is 10.2. The molecule has 4 rings (SSSR count). The Balaban J connectivity index is 1.46. The quantitative estimate of drug-likeness (QED) is 0.125. The molecule has 0 saturated carbocycles. The van der Waals surface area contributed by atoms with Crippen LogP contribution in [-0.4, -0.2) is 30.8 Å². The Labute approximate surface area is 255 Å². The highest BCUT2D eigenvalue weighted by molar-refractivity contribution is 9.10. The number of carbonyl (C=O) groups is 2. The highest BCUT2D eigenvalue weighted by Gasteiger charge is 2.26. The predicted octanol–water partition coefficient (Wildman–Crippen LogP) is 6.14. The van der Waals surface area contributed by atoms with Crippen LogP contribution in [0, 0.1) is 6.92 Å². The van der Waals surface area contributed by atoms with E-state index in [4.69, 9.17) is 27.6 Å². The molecule has 2 amide bonds. The first-order valence-electron chi connectivity index (χ1n) is 12.0.